The minimum absolute atomic E-state index is 0.0808. The van der Waals surface area contributed by atoms with Crippen LogP contribution in [0.4, 0.5) is 5.69 Å². The number of nitrogens with one attached hydrogen (secondary N) is 1. The number of nitro benzene ring substituents is 1. The number of carbonyl (C=O) groups is 1. The summed E-state index contributed by atoms with van der Waals surface area (Å²) in [5.74, 6) is 0.230. The van der Waals surface area contributed by atoms with E-state index >= 15 is 0 Å². The predicted molar refractivity (Wildman–Crippen MR) is 95.0 cm³/mol. The smallest absolute Gasteiger partial charge is 0.278 e. The molecule has 0 fully saturated rings. The fourth-order valence-electron chi connectivity index (χ4n) is 2.25. The summed E-state index contributed by atoms with van der Waals surface area (Å²) in [6, 6.07) is 10.1. The van der Waals surface area contributed by atoms with Crippen molar-refractivity contribution < 1.29 is 14.5 Å². The number of nitrogens with zero attached hydrogens (tertiary/aromatic N) is 2. The molecule has 1 N–H and O–H groups in total. The Morgan fingerprint density at radius 1 is 1.20 bits per heavy atom. The monoisotopic (exact) mass is 341 g/mol. The summed E-state index contributed by atoms with van der Waals surface area (Å²) in [7, 11) is 0. The molecule has 0 saturated heterocycles. The predicted octanol–water partition coefficient (Wildman–Crippen LogP) is 3.05. The first-order valence-electron chi connectivity index (χ1n) is 7.65. The van der Waals surface area contributed by atoms with Crippen LogP contribution in [0.3, 0.4) is 0 Å². The maximum atomic E-state index is 11.8. The Labute approximate surface area is 145 Å². The molecule has 7 heteroatoms. The number of benzene rings is 2. The molecule has 0 saturated carbocycles. The van der Waals surface area contributed by atoms with E-state index in [0.717, 1.165) is 16.7 Å². The van der Waals surface area contributed by atoms with Crippen LogP contribution >= 0.6 is 0 Å². The van der Waals surface area contributed by atoms with Crippen LogP contribution in [-0.4, -0.2) is 23.7 Å². The van der Waals surface area contributed by atoms with Gasteiger partial charge in [0, 0.05) is 6.07 Å². The van der Waals surface area contributed by atoms with Crippen molar-refractivity contribution >= 4 is 17.8 Å². The highest BCUT2D eigenvalue weighted by Crippen LogP contribution is 2.25. The Morgan fingerprint density at radius 3 is 2.60 bits per heavy atom. The van der Waals surface area contributed by atoms with Gasteiger partial charge in [-0.1, -0.05) is 24.3 Å². The first-order chi connectivity index (χ1) is 11.9. The Kier molecular flexibility index (Phi) is 5.84. The number of hydrogen-bond acceptors (Lipinski definition) is 5. The van der Waals surface area contributed by atoms with Gasteiger partial charge in [0.05, 0.1) is 16.7 Å². The van der Waals surface area contributed by atoms with Gasteiger partial charge in [0.1, 0.15) is 5.75 Å². The highest BCUT2D eigenvalue weighted by atomic mass is 16.6. The number of ether oxygens (including phenoxy) is 1. The molecule has 0 radical (unpaired) electrons. The lowest BCUT2D eigenvalue weighted by atomic mass is 10.1. The van der Waals surface area contributed by atoms with Crippen molar-refractivity contribution in [2.24, 2.45) is 5.10 Å². The number of rotatable bonds is 6. The van der Waals surface area contributed by atoms with E-state index in [1.165, 1.54) is 12.3 Å². The summed E-state index contributed by atoms with van der Waals surface area (Å²) in [4.78, 5) is 22.3. The maximum absolute atomic E-state index is 11.8. The van der Waals surface area contributed by atoms with Gasteiger partial charge in [-0.15, -0.1) is 0 Å². The number of hydrazone groups is 1. The number of amides is 1. The quantitative estimate of drug-likeness (QED) is 0.496. The van der Waals surface area contributed by atoms with E-state index in [4.69, 9.17) is 4.74 Å². The van der Waals surface area contributed by atoms with Gasteiger partial charge in [-0.2, -0.15) is 5.10 Å². The third-order valence-corrected chi connectivity index (χ3v) is 3.75. The number of carbonyl (C=O) groups excluding carboxylic acids is 1. The number of para-hydroxylation sites is 1. The first-order valence-corrected chi connectivity index (χ1v) is 7.65. The Hall–Kier alpha value is -3.22. The van der Waals surface area contributed by atoms with E-state index in [2.05, 4.69) is 10.5 Å². The van der Waals surface area contributed by atoms with Gasteiger partial charge in [0.15, 0.2) is 6.61 Å². The van der Waals surface area contributed by atoms with E-state index in [1.54, 1.807) is 18.2 Å². The van der Waals surface area contributed by atoms with Gasteiger partial charge in [-0.25, -0.2) is 5.43 Å². The van der Waals surface area contributed by atoms with E-state index in [-0.39, 0.29) is 12.3 Å². The van der Waals surface area contributed by atoms with Crippen molar-refractivity contribution in [3.63, 3.8) is 0 Å². The molecular formula is C18H19N3O4. The molecule has 0 unspecified atom stereocenters. The molecule has 130 valence electrons. The zero-order valence-corrected chi connectivity index (χ0v) is 14.3. The molecule has 2 rings (SSSR count). The lowest BCUT2D eigenvalue weighted by Gasteiger charge is -2.13. The van der Waals surface area contributed by atoms with Gasteiger partial charge < -0.3 is 4.74 Å². The molecular weight excluding hydrogens is 322 g/mol. The van der Waals surface area contributed by atoms with Crippen molar-refractivity contribution in [3.8, 4) is 5.75 Å². The minimum atomic E-state index is -0.504. The summed E-state index contributed by atoms with van der Waals surface area (Å²) in [6.45, 7) is 5.62. The molecule has 2 aromatic carbocycles. The van der Waals surface area contributed by atoms with Crippen molar-refractivity contribution in [2.45, 2.75) is 20.8 Å². The fraction of sp³-hybridized carbons (Fsp3) is 0.222. The largest absolute Gasteiger partial charge is 0.483 e. The van der Waals surface area contributed by atoms with Gasteiger partial charge in [0.25, 0.3) is 11.6 Å². The average molecular weight is 341 g/mol. The molecule has 0 aliphatic carbocycles. The Bertz CT molecular complexity index is 831. The van der Waals surface area contributed by atoms with Crippen LogP contribution in [0, 0.1) is 30.9 Å². The standard InChI is InChI=1S/C18H19N3O4/c1-12-8-9-13(2)18(14(12)3)25-11-17(22)20-19-10-15-6-4-5-7-16(15)21(23)24/h4-10H,11H2,1-3H3,(H,20,22)/b19-10-. The normalized spacial score (nSPS) is 10.7. The first kappa shape index (κ1) is 18.1. The van der Waals surface area contributed by atoms with Gasteiger partial charge in [-0.3, -0.25) is 14.9 Å². The summed E-state index contributed by atoms with van der Waals surface area (Å²) in [5, 5.41) is 14.7. The molecule has 25 heavy (non-hydrogen) atoms. The van der Waals surface area contributed by atoms with Crippen LogP contribution in [0.25, 0.3) is 0 Å². The van der Waals surface area contributed by atoms with E-state index in [0.29, 0.717) is 11.3 Å². The van der Waals surface area contributed by atoms with Crippen molar-refractivity contribution in [3.05, 3.63) is 68.8 Å². The molecule has 0 atom stereocenters. The van der Waals surface area contributed by atoms with Crippen molar-refractivity contribution in [1.82, 2.24) is 5.43 Å². The second-order valence-corrected chi connectivity index (χ2v) is 5.55. The van der Waals surface area contributed by atoms with Crippen LogP contribution in [0.15, 0.2) is 41.5 Å². The molecule has 0 aromatic heterocycles. The highest BCUT2D eigenvalue weighted by molar-refractivity contribution is 5.86. The summed E-state index contributed by atoms with van der Waals surface area (Å²) >= 11 is 0. The maximum Gasteiger partial charge on any atom is 0.278 e. The molecule has 0 heterocycles. The number of nitro groups is 1. The lowest BCUT2D eigenvalue weighted by Crippen LogP contribution is -2.25. The highest BCUT2D eigenvalue weighted by Gasteiger charge is 2.11. The van der Waals surface area contributed by atoms with Crippen LogP contribution < -0.4 is 10.2 Å². The summed E-state index contributed by atoms with van der Waals surface area (Å²) in [6.07, 6.45) is 1.24. The van der Waals surface area contributed by atoms with E-state index in [9.17, 15) is 14.9 Å². The van der Waals surface area contributed by atoms with Gasteiger partial charge >= 0.3 is 0 Å². The minimum Gasteiger partial charge on any atom is -0.483 e. The average Bonchev–Trinajstić information content (AvgIpc) is 2.58. The zero-order chi connectivity index (χ0) is 18.4. The SMILES string of the molecule is Cc1ccc(C)c(OCC(=O)N/N=C\c2ccccc2[N+](=O)[O-])c1C. The second-order valence-electron chi connectivity index (χ2n) is 5.55. The third kappa shape index (κ3) is 4.63. The number of aryl methyl sites for hydroxylation is 2. The molecule has 0 bridgehead atoms. The molecule has 1 amide bonds. The molecule has 7 nitrogen and oxygen atoms in total. The van der Waals surface area contributed by atoms with Gasteiger partial charge in [-0.05, 0) is 43.5 Å². The summed E-state index contributed by atoms with van der Waals surface area (Å²) in [5.41, 5.74) is 5.53. The molecule has 0 aliphatic heterocycles. The zero-order valence-electron chi connectivity index (χ0n) is 14.3. The summed E-state index contributed by atoms with van der Waals surface area (Å²) < 4.78 is 5.58. The fourth-order valence-corrected chi connectivity index (χ4v) is 2.25. The van der Waals surface area contributed by atoms with Crippen LogP contribution in [0.2, 0.25) is 0 Å². The van der Waals surface area contributed by atoms with Crippen LogP contribution in [-0.2, 0) is 4.79 Å². The third-order valence-electron chi connectivity index (χ3n) is 3.75. The molecule has 0 aliphatic rings. The Balaban J connectivity index is 1.96. The van der Waals surface area contributed by atoms with Crippen molar-refractivity contribution in [1.29, 1.82) is 0 Å². The second kappa shape index (κ2) is 8.05. The number of hydrogen-bond donors (Lipinski definition) is 1. The molecule has 0 spiro atoms. The van der Waals surface area contributed by atoms with E-state index in [1.807, 2.05) is 32.9 Å². The van der Waals surface area contributed by atoms with Crippen molar-refractivity contribution in [2.75, 3.05) is 6.61 Å². The van der Waals surface area contributed by atoms with Gasteiger partial charge in [0.2, 0.25) is 0 Å². The van der Waals surface area contributed by atoms with Crippen LogP contribution in [0.5, 0.6) is 5.75 Å². The lowest BCUT2D eigenvalue weighted by molar-refractivity contribution is -0.385. The molecule has 2 aromatic rings. The topological polar surface area (TPSA) is 93.8 Å². The van der Waals surface area contributed by atoms with E-state index < -0.39 is 10.8 Å². The van der Waals surface area contributed by atoms with Crippen LogP contribution in [0.1, 0.15) is 22.3 Å². The Morgan fingerprint density at radius 2 is 1.88 bits per heavy atom.